The smallest absolute Gasteiger partial charge is 0.303 e. The van der Waals surface area contributed by atoms with Crippen LogP contribution in [-0.2, 0) is 4.79 Å². The Labute approximate surface area is 82.1 Å². The Kier molecular flexibility index (Phi) is 4.04. The summed E-state index contributed by atoms with van der Waals surface area (Å²) in [5.74, 6) is -0.893. The molecule has 0 bridgehead atoms. The molecular weight excluding hydrogens is 164 g/mol. The predicted molar refractivity (Wildman–Crippen MR) is 54.0 cm³/mol. The number of hydrogen-bond donors (Lipinski definition) is 2. The highest BCUT2D eigenvalue weighted by atomic mass is 16.4. The molecule has 2 N–H and O–H groups in total. The van der Waals surface area contributed by atoms with Crippen LogP contribution in [0, 0.1) is 0 Å². The molecule has 0 saturated heterocycles. The fraction of sp³-hybridized carbons (Fsp3) is 0.875. The largest absolute Gasteiger partial charge is 0.481 e. The molecule has 0 rings (SSSR count). The van der Waals surface area contributed by atoms with E-state index in [0.29, 0.717) is 0 Å². The Balaban J connectivity index is 4.01. The van der Waals surface area contributed by atoms with Gasteiger partial charge in [0.05, 0.1) is 15.7 Å². The van der Waals surface area contributed by atoms with Crippen molar-refractivity contribution in [3.63, 3.8) is 0 Å². The first-order chi connectivity index (χ1) is 5.62. The highest BCUT2D eigenvalue weighted by Gasteiger charge is 2.23. The van der Waals surface area contributed by atoms with Gasteiger partial charge >= 0.3 is 5.97 Å². The number of carbonyl (C=O) groups is 1. The van der Waals surface area contributed by atoms with E-state index in [1.54, 1.807) is 0 Å². The monoisotopic (exact) mass is 179 g/mol. The SMILES string of the molecule is [B]C([B])(CCC(=O)O)NC(C)(C)C. The number of rotatable bonds is 4. The summed E-state index contributed by atoms with van der Waals surface area (Å²) in [5.41, 5.74) is -0.220. The Morgan fingerprint density at radius 1 is 1.38 bits per heavy atom. The molecule has 70 valence electrons. The van der Waals surface area contributed by atoms with Crippen molar-refractivity contribution in [2.24, 2.45) is 0 Å². The van der Waals surface area contributed by atoms with E-state index in [1.807, 2.05) is 20.8 Å². The van der Waals surface area contributed by atoms with Gasteiger partial charge in [-0.1, -0.05) is 5.34 Å². The zero-order valence-electron chi connectivity index (χ0n) is 8.42. The molecule has 0 saturated carbocycles. The average molecular weight is 179 g/mol. The standard InChI is InChI=1S/C8H15B2NO2/c1-7(2,3)11-8(9,10)5-4-6(12)13/h11H,4-5H2,1-3H3,(H,12,13). The van der Waals surface area contributed by atoms with E-state index in [9.17, 15) is 4.79 Å². The van der Waals surface area contributed by atoms with Crippen molar-refractivity contribution in [3.05, 3.63) is 0 Å². The van der Waals surface area contributed by atoms with Crippen molar-refractivity contribution in [1.29, 1.82) is 0 Å². The van der Waals surface area contributed by atoms with Crippen molar-refractivity contribution in [2.75, 3.05) is 0 Å². The van der Waals surface area contributed by atoms with Crippen LogP contribution >= 0.6 is 0 Å². The fourth-order valence-corrected chi connectivity index (χ4v) is 1.07. The van der Waals surface area contributed by atoms with E-state index in [0.717, 1.165) is 0 Å². The first-order valence-electron chi connectivity index (χ1n) is 4.21. The van der Waals surface area contributed by atoms with Crippen LogP contribution < -0.4 is 5.32 Å². The zero-order valence-corrected chi connectivity index (χ0v) is 8.42. The molecule has 0 unspecified atom stereocenters. The highest BCUT2D eigenvalue weighted by Crippen LogP contribution is 2.10. The molecule has 0 atom stereocenters. The molecule has 0 aromatic heterocycles. The Hall–Kier alpha value is -0.440. The van der Waals surface area contributed by atoms with Crippen LogP contribution in [-0.4, -0.2) is 37.6 Å². The third-order valence-electron chi connectivity index (χ3n) is 1.36. The molecule has 0 aliphatic carbocycles. The second-order valence-electron chi connectivity index (χ2n) is 4.31. The van der Waals surface area contributed by atoms with Crippen LogP contribution in [0.2, 0.25) is 0 Å². The predicted octanol–water partition coefficient (Wildman–Crippen LogP) is 0.230. The summed E-state index contributed by atoms with van der Waals surface area (Å²) >= 11 is 0. The maximum atomic E-state index is 10.3. The summed E-state index contributed by atoms with van der Waals surface area (Å²) in [6.07, 6.45) is 0.176. The van der Waals surface area contributed by atoms with Gasteiger partial charge in [0, 0.05) is 12.0 Å². The zero-order chi connectivity index (χ0) is 10.7. The summed E-state index contributed by atoms with van der Waals surface area (Å²) < 4.78 is 0. The van der Waals surface area contributed by atoms with Gasteiger partial charge in [-0.2, -0.15) is 0 Å². The van der Waals surface area contributed by atoms with Gasteiger partial charge in [0.25, 0.3) is 0 Å². The molecule has 0 spiro atoms. The molecule has 0 heterocycles. The summed E-state index contributed by atoms with van der Waals surface area (Å²) in [5, 5.41) is 10.3. The Morgan fingerprint density at radius 3 is 2.15 bits per heavy atom. The first-order valence-corrected chi connectivity index (χ1v) is 4.21. The van der Waals surface area contributed by atoms with Crippen LogP contribution in [0.5, 0.6) is 0 Å². The quantitative estimate of drug-likeness (QED) is 0.607. The molecule has 0 aromatic rings. The summed E-state index contributed by atoms with van der Waals surface area (Å²) in [6, 6.07) is 0. The number of carboxylic acid groups (broad SMARTS) is 1. The van der Waals surface area contributed by atoms with E-state index >= 15 is 0 Å². The number of aliphatic carboxylic acids is 1. The van der Waals surface area contributed by atoms with E-state index in [2.05, 4.69) is 5.32 Å². The lowest BCUT2D eigenvalue weighted by atomic mass is 9.58. The normalized spacial score (nSPS) is 12.8. The molecule has 0 aliphatic heterocycles. The van der Waals surface area contributed by atoms with Crippen LogP contribution in [0.25, 0.3) is 0 Å². The maximum Gasteiger partial charge on any atom is 0.303 e. The Morgan fingerprint density at radius 2 is 1.85 bits per heavy atom. The van der Waals surface area contributed by atoms with Crippen molar-refractivity contribution in [1.82, 2.24) is 5.32 Å². The van der Waals surface area contributed by atoms with E-state index in [1.165, 1.54) is 0 Å². The molecule has 0 aliphatic rings. The lowest BCUT2D eigenvalue weighted by Crippen LogP contribution is -2.55. The first kappa shape index (κ1) is 12.6. The van der Waals surface area contributed by atoms with Gasteiger partial charge in [-0.15, -0.1) is 0 Å². The minimum Gasteiger partial charge on any atom is -0.481 e. The van der Waals surface area contributed by atoms with Gasteiger partial charge < -0.3 is 10.4 Å². The van der Waals surface area contributed by atoms with Crippen molar-refractivity contribution in [3.8, 4) is 0 Å². The third kappa shape index (κ3) is 7.91. The van der Waals surface area contributed by atoms with Gasteiger partial charge in [-0.05, 0) is 27.2 Å². The number of carboxylic acids is 1. The van der Waals surface area contributed by atoms with E-state index in [4.69, 9.17) is 20.8 Å². The minimum atomic E-state index is -1.11. The minimum absolute atomic E-state index is 0.0317. The Bertz CT molecular complexity index is 187. The molecule has 13 heavy (non-hydrogen) atoms. The van der Waals surface area contributed by atoms with Crippen LogP contribution in [0.4, 0.5) is 0 Å². The van der Waals surface area contributed by atoms with Crippen LogP contribution in [0.15, 0.2) is 0 Å². The van der Waals surface area contributed by atoms with Gasteiger partial charge in [0.15, 0.2) is 0 Å². The average Bonchev–Trinajstić information content (AvgIpc) is 1.78. The summed E-state index contributed by atoms with van der Waals surface area (Å²) in [4.78, 5) is 10.3. The highest BCUT2D eigenvalue weighted by molar-refractivity contribution is 6.40. The maximum absolute atomic E-state index is 10.3. The lowest BCUT2D eigenvalue weighted by molar-refractivity contribution is -0.137. The molecule has 0 amide bonds. The van der Waals surface area contributed by atoms with Gasteiger partial charge in [-0.3, -0.25) is 4.79 Å². The third-order valence-corrected chi connectivity index (χ3v) is 1.36. The van der Waals surface area contributed by atoms with E-state index in [-0.39, 0.29) is 18.4 Å². The summed E-state index contributed by atoms with van der Waals surface area (Å²) in [6.45, 7) is 5.76. The van der Waals surface area contributed by atoms with Gasteiger partial charge in [-0.25, -0.2) is 0 Å². The molecule has 0 aromatic carbocycles. The van der Waals surface area contributed by atoms with Gasteiger partial charge in [0.2, 0.25) is 0 Å². The van der Waals surface area contributed by atoms with Crippen molar-refractivity contribution >= 4 is 21.7 Å². The number of hydrogen-bond acceptors (Lipinski definition) is 2. The topological polar surface area (TPSA) is 49.3 Å². The lowest BCUT2D eigenvalue weighted by Gasteiger charge is -2.35. The molecule has 5 heteroatoms. The van der Waals surface area contributed by atoms with E-state index < -0.39 is 11.3 Å². The fourth-order valence-electron chi connectivity index (χ4n) is 1.07. The molecular formula is C8H15B2NO2. The van der Waals surface area contributed by atoms with Crippen LogP contribution in [0.3, 0.4) is 0 Å². The van der Waals surface area contributed by atoms with Crippen molar-refractivity contribution < 1.29 is 9.90 Å². The van der Waals surface area contributed by atoms with Gasteiger partial charge in [0.1, 0.15) is 0 Å². The molecule has 0 fully saturated rings. The van der Waals surface area contributed by atoms with Crippen molar-refractivity contribution in [2.45, 2.75) is 44.5 Å². The molecule has 3 nitrogen and oxygen atoms in total. The second-order valence-corrected chi connectivity index (χ2v) is 4.31. The molecule has 4 radical (unpaired) electrons. The summed E-state index contributed by atoms with van der Waals surface area (Å²) in [7, 11) is 11.3. The second kappa shape index (κ2) is 4.18. The van der Waals surface area contributed by atoms with Crippen LogP contribution in [0.1, 0.15) is 33.6 Å². The number of nitrogens with one attached hydrogen (secondary N) is 1.